The molecule has 2 unspecified atom stereocenters. The van der Waals surface area contributed by atoms with Crippen molar-refractivity contribution in [2.24, 2.45) is 21.1 Å². The average molecular weight is 181 g/mol. The highest BCUT2D eigenvalue weighted by Crippen LogP contribution is 2.09. The van der Waals surface area contributed by atoms with Gasteiger partial charge in [0.05, 0.1) is 6.04 Å². The Morgan fingerprint density at radius 1 is 1.15 bits per heavy atom. The Morgan fingerprint density at radius 2 is 1.69 bits per heavy atom. The summed E-state index contributed by atoms with van der Waals surface area (Å²) in [6, 6.07) is 0.260. The molecule has 0 radical (unpaired) electrons. The number of hydrogen-bond donors (Lipinski definition) is 0. The number of aliphatic imine (C=N–C) groups is 1. The lowest BCUT2D eigenvalue weighted by Crippen LogP contribution is -2.20. The van der Waals surface area contributed by atoms with Crippen LogP contribution in [0, 0.1) is 5.92 Å². The second-order valence-electron chi connectivity index (χ2n) is 3.49. The van der Waals surface area contributed by atoms with Crippen LogP contribution in [-0.2, 0) is 0 Å². The van der Waals surface area contributed by atoms with E-state index >= 15 is 0 Å². The van der Waals surface area contributed by atoms with Crippen LogP contribution in [0.5, 0.6) is 0 Å². The lowest BCUT2D eigenvalue weighted by Gasteiger charge is -2.15. The molecule has 0 saturated carbocycles. The fourth-order valence-electron chi connectivity index (χ4n) is 1.07. The van der Waals surface area contributed by atoms with E-state index in [1.54, 1.807) is 0 Å². The molecule has 3 nitrogen and oxygen atoms in total. The fraction of sp³-hybridized carbons (Fsp3) is 0.700. The molecular weight excluding hydrogens is 162 g/mol. The van der Waals surface area contributed by atoms with Crippen LogP contribution in [0.15, 0.2) is 15.2 Å². The lowest BCUT2D eigenvalue weighted by molar-refractivity contribution is 0.611. The maximum absolute atomic E-state index is 4.45. The molecule has 74 valence electrons. The van der Waals surface area contributed by atoms with Gasteiger partial charge < -0.3 is 0 Å². The molecule has 2 atom stereocenters. The van der Waals surface area contributed by atoms with Crippen molar-refractivity contribution in [3.05, 3.63) is 0 Å². The normalized spacial score (nSPS) is 16.2. The topological polar surface area (TPSA) is 37.1 Å². The summed E-state index contributed by atoms with van der Waals surface area (Å²) in [6.45, 7) is 13.5. The molecule has 0 amide bonds. The zero-order chi connectivity index (χ0) is 10.4. The third kappa shape index (κ3) is 4.55. The Labute approximate surface area is 80.7 Å². The van der Waals surface area contributed by atoms with Crippen LogP contribution in [0.4, 0.5) is 0 Å². The Balaban J connectivity index is 4.42. The van der Waals surface area contributed by atoms with Crippen LogP contribution in [0.1, 0.15) is 34.6 Å². The molecule has 0 heterocycles. The van der Waals surface area contributed by atoms with Gasteiger partial charge in [0, 0.05) is 24.1 Å². The molecule has 3 heteroatoms. The number of rotatable bonds is 4. The minimum Gasteiger partial charge on any atom is -0.291 e. The third-order valence-corrected chi connectivity index (χ3v) is 2.07. The summed E-state index contributed by atoms with van der Waals surface area (Å²) in [5.41, 5.74) is 2.08. The number of hydrogen-bond acceptors (Lipinski definition) is 3. The van der Waals surface area contributed by atoms with Crippen LogP contribution in [0.3, 0.4) is 0 Å². The third-order valence-electron chi connectivity index (χ3n) is 2.07. The first-order valence-electron chi connectivity index (χ1n) is 4.50. The van der Waals surface area contributed by atoms with Crippen LogP contribution in [0.25, 0.3) is 0 Å². The lowest BCUT2D eigenvalue weighted by atomic mass is 9.99. The Bertz CT molecular complexity index is 224. The summed E-state index contributed by atoms with van der Waals surface area (Å²) >= 11 is 0. The highest BCUT2D eigenvalue weighted by molar-refractivity contribution is 5.85. The van der Waals surface area contributed by atoms with Gasteiger partial charge in [-0.15, -0.1) is 0 Å². The molecule has 13 heavy (non-hydrogen) atoms. The highest BCUT2D eigenvalue weighted by Gasteiger charge is 2.13. The molecule has 0 aliphatic rings. The zero-order valence-corrected chi connectivity index (χ0v) is 9.20. The maximum atomic E-state index is 4.45. The Morgan fingerprint density at radius 3 is 2.08 bits per heavy atom. The first-order chi connectivity index (χ1) is 5.99. The molecule has 0 aromatic heterocycles. The van der Waals surface area contributed by atoms with Gasteiger partial charge in [-0.2, -0.15) is 10.2 Å². The summed E-state index contributed by atoms with van der Waals surface area (Å²) < 4.78 is 0. The second-order valence-corrected chi connectivity index (χ2v) is 3.49. The molecule has 0 aliphatic heterocycles. The monoisotopic (exact) mass is 181 g/mol. The second kappa shape index (κ2) is 5.62. The summed E-state index contributed by atoms with van der Waals surface area (Å²) in [4.78, 5) is 4.45. The van der Waals surface area contributed by atoms with Gasteiger partial charge in [0.2, 0.25) is 0 Å². The molecule has 0 saturated heterocycles. The van der Waals surface area contributed by atoms with Crippen molar-refractivity contribution in [3.8, 4) is 0 Å². The Kier molecular flexibility index (Phi) is 5.19. The van der Waals surface area contributed by atoms with Crippen LogP contribution in [0.2, 0.25) is 0 Å². The minimum atomic E-state index is 0.260. The van der Waals surface area contributed by atoms with Gasteiger partial charge in [0.25, 0.3) is 0 Å². The molecular formula is C10H19N3. The predicted octanol–water partition coefficient (Wildman–Crippen LogP) is 2.57. The number of nitrogens with zero attached hydrogens (tertiary/aromatic N) is 3. The first kappa shape index (κ1) is 12.0. The summed E-state index contributed by atoms with van der Waals surface area (Å²) in [5, 5.41) is 7.42. The fourth-order valence-corrected chi connectivity index (χ4v) is 1.07. The molecule has 0 aromatic carbocycles. The first-order valence-corrected chi connectivity index (χ1v) is 4.50. The Hall–Kier alpha value is -0.990. The van der Waals surface area contributed by atoms with Gasteiger partial charge >= 0.3 is 0 Å². The molecule has 0 aliphatic carbocycles. The van der Waals surface area contributed by atoms with Crippen LogP contribution >= 0.6 is 0 Å². The van der Waals surface area contributed by atoms with E-state index in [-0.39, 0.29) is 6.04 Å². The maximum Gasteiger partial charge on any atom is 0.0548 e. The molecule has 0 rings (SSSR count). The van der Waals surface area contributed by atoms with Gasteiger partial charge in [-0.05, 0) is 27.7 Å². The highest BCUT2D eigenvalue weighted by atomic mass is 15.2. The van der Waals surface area contributed by atoms with Crippen LogP contribution in [-0.4, -0.2) is 24.2 Å². The molecule has 0 aromatic rings. The van der Waals surface area contributed by atoms with Gasteiger partial charge in [-0.1, -0.05) is 6.92 Å². The van der Waals surface area contributed by atoms with E-state index < -0.39 is 0 Å². The van der Waals surface area contributed by atoms with E-state index in [0.29, 0.717) is 5.92 Å². The van der Waals surface area contributed by atoms with E-state index in [1.165, 1.54) is 0 Å². The van der Waals surface area contributed by atoms with Gasteiger partial charge in [0.15, 0.2) is 0 Å². The van der Waals surface area contributed by atoms with Crippen LogP contribution < -0.4 is 0 Å². The summed E-state index contributed by atoms with van der Waals surface area (Å²) in [7, 11) is 0. The minimum absolute atomic E-state index is 0.260. The summed E-state index contributed by atoms with van der Waals surface area (Å²) in [6.07, 6.45) is 0. The van der Waals surface area contributed by atoms with Crippen molar-refractivity contribution in [1.29, 1.82) is 0 Å². The van der Waals surface area contributed by atoms with E-state index in [4.69, 9.17) is 0 Å². The molecule has 0 N–H and O–H groups in total. The standard InChI is InChI=1S/C10H19N3/c1-7(2)12-9(4)8(3)10(5)13-11-6/h8-9H,6H2,1-5H3/b13-10-. The summed E-state index contributed by atoms with van der Waals surface area (Å²) in [5.74, 6) is 0.320. The van der Waals surface area contributed by atoms with Gasteiger partial charge in [0.1, 0.15) is 0 Å². The smallest absolute Gasteiger partial charge is 0.0548 e. The average Bonchev–Trinajstić information content (AvgIpc) is 2.02. The molecule has 0 fully saturated rings. The van der Waals surface area contributed by atoms with Crippen molar-refractivity contribution >= 4 is 18.1 Å². The van der Waals surface area contributed by atoms with E-state index in [9.17, 15) is 0 Å². The van der Waals surface area contributed by atoms with Crippen molar-refractivity contribution < 1.29 is 0 Å². The van der Waals surface area contributed by atoms with E-state index in [1.807, 2.05) is 20.8 Å². The molecule has 0 spiro atoms. The molecule has 0 bridgehead atoms. The quantitative estimate of drug-likeness (QED) is 0.472. The zero-order valence-electron chi connectivity index (χ0n) is 9.20. The SMILES string of the molecule is C=N/N=C(/C)C(C)C(C)N=C(C)C. The largest absolute Gasteiger partial charge is 0.291 e. The predicted molar refractivity (Wildman–Crippen MR) is 60.1 cm³/mol. The van der Waals surface area contributed by atoms with Gasteiger partial charge in [-0.3, -0.25) is 4.99 Å². The van der Waals surface area contributed by atoms with E-state index in [2.05, 4.69) is 35.8 Å². The van der Waals surface area contributed by atoms with Crippen molar-refractivity contribution in [1.82, 2.24) is 0 Å². The van der Waals surface area contributed by atoms with Crippen molar-refractivity contribution in [2.45, 2.75) is 40.7 Å². The van der Waals surface area contributed by atoms with Crippen molar-refractivity contribution in [2.75, 3.05) is 0 Å². The van der Waals surface area contributed by atoms with E-state index in [0.717, 1.165) is 11.4 Å². The van der Waals surface area contributed by atoms with Gasteiger partial charge in [-0.25, -0.2) is 0 Å². The van der Waals surface area contributed by atoms with Crippen molar-refractivity contribution in [3.63, 3.8) is 0 Å².